The summed E-state index contributed by atoms with van der Waals surface area (Å²) in [6.07, 6.45) is 1.17. The molecule has 4 nitrogen and oxygen atoms in total. The Kier molecular flexibility index (Phi) is 6.38. The fourth-order valence-electron chi connectivity index (χ4n) is 2.14. The smallest absolute Gasteiger partial charge is 0.227 e. The van der Waals surface area contributed by atoms with Crippen LogP contribution in [0.25, 0.3) is 0 Å². The van der Waals surface area contributed by atoms with E-state index >= 15 is 0 Å². The van der Waals surface area contributed by atoms with E-state index in [-0.39, 0.29) is 24.7 Å². The van der Waals surface area contributed by atoms with Gasteiger partial charge in [0.05, 0.1) is 23.7 Å². The SMILES string of the molecule is CCc1ccc(OCCC(=O)Nc2cc(C(C)=O)ccc2Cl)cc1. The van der Waals surface area contributed by atoms with E-state index in [4.69, 9.17) is 16.3 Å². The molecule has 0 fully saturated rings. The lowest BCUT2D eigenvalue weighted by Gasteiger charge is -2.10. The molecule has 0 bridgehead atoms. The van der Waals surface area contributed by atoms with Gasteiger partial charge in [0.15, 0.2) is 5.78 Å². The number of aryl methyl sites for hydroxylation is 1. The van der Waals surface area contributed by atoms with Crippen LogP contribution in [-0.4, -0.2) is 18.3 Å². The minimum atomic E-state index is -0.220. The van der Waals surface area contributed by atoms with Gasteiger partial charge in [0.2, 0.25) is 5.91 Å². The van der Waals surface area contributed by atoms with E-state index in [2.05, 4.69) is 12.2 Å². The van der Waals surface area contributed by atoms with Gasteiger partial charge in [0.25, 0.3) is 0 Å². The van der Waals surface area contributed by atoms with Crippen molar-refractivity contribution in [2.24, 2.45) is 0 Å². The van der Waals surface area contributed by atoms with Gasteiger partial charge in [-0.25, -0.2) is 0 Å². The topological polar surface area (TPSA) is 55.4 Å². The first-order valence-electron chi connectivity index (χ1n) is 7.81. The summed E-state index contributed by atoms with van der Waals surface area (Å²) >= 11 is 6.05. The van der Waals surface area contributed by atoms with Crippen LogP contribution in [0.1, 0.15) is 36.2 Å². The zero-order valence-electron chi connectivity index (χ0n) is 13.8. The van der Waals surface area contributed by atoms with Gasteiger partial charge in [-0.2, -0.15) is 0 Å². The molecule has 0 saturated carbocycles. The number of rotatable bonds is 7. The molecule has 1 N–H and O–H groups in total. The van der Waals surface area contributed by atoms with Crippen LogP contribution < -0.4 is 10.1 Å². The van der Waals surface area contributed by atoms with Gasteiger partial charge in [0, 0.05) is 5.56 Å². The van der Waals surface area contributed by atoms with E-state index in [1.165, 1.54) is 12.5 Å². The first kappa shape index (κ1) is 18.0. The van der Waals surface area contributed by atoms with Crippen LogP contribution in [-0.2, 0) is 11.2 Å². The summed E-state index contributed by atoms with van der Waals surface area (Å²) in [4.78, 5) is 23.4. The number of nitrogens with one attached hydrogen (secondary N) is 1. The van der Waals surface area contributed by atoms with Gasteiger partial charge < -0.3 is 10.1 Å². The maximum Gasteiger partial charge on any atom is 0.227 e. The second-order valence-electron chi connectivity index (χ2n) is 5.39. The average Bonchev–Trinajstić information content (AvgIpc) is 2.57. The number of hydrogen-bond acceptors (Lipinski definition) is 3. The molecule has 0 heterocycles. The molecule has 0 atom stereocenters. The predicted octanol–water partition coefficient (Wildman–Crippen LogP) is 4.51. The third-order valence-electron chi connectivity index (χ3n) is 3.58. The van der Waals surface area contributed by atoms with Crippen LogP contribution >= 0.6 is 11.6 Å². The molecular formula is C19H20ClNO3. The number of Topliss-reactive ketones (excluding diaryl/α,β-unsaturated/α-hetero) is 1. The Labute approximate surface area is 146 Å². The van der Waals surface area contributed by atoms with Crippen LogP contribution in [0.3, 0.4) is 0 Å². The molecule has 0 aliphatic carbocycles. The molecule has 0 radical (unpaired) electrons. The summed E-state index contributed by atoms with van der Waals surface area (Å²) in [5.74, 6) is 0.431. The van der Waals surface area contributed by atoms with Crippen LogP contribution in [0.4, 0.5) is 5.69 Å². The lowest BCUT2D eigenvalue weighted by atomic mass is 10.1. The Morgan fingerprint density at radius 2 is 1.83 bits per heavy atom. The Balaban J connectivity index is 1.86. The lowest BCUT2D eigenvalue weighted by molar-refractivity contribution is -0.116. The number of hydrogen-bond donors (Lipinski definition) is 1. The molecule has 2 rings (SSSR count). The molecule has 5 heteroatoms. The number of amides is 1. The van der Waals surface area contributed by atoms with E-state index in [1.54, 1.807) is 18.2 Å². The number of ether oxygens (including phenoxy) is 1. The van der Waals surface area contributed by atoms with Crippen molar-refractivity contribution in [3.8, 4) is 5.75 Å². The van der Waals surface area contributed by atoms with Crippen molar-refractivity contribution < 1.29 is 14.3 Å². The first-order chi connectivity index (χ1) is 11.5. The van der Waals surface area contributed by atoms with Crippen molar-refractivity contribution in [2.45, 2.75) is 26.7 Å². The molecule has 0 unspecified atom stereocenters. The molecule has 126 valence electrons. The first-order valence-corrected chi connectivity index (χ1v) is 8.19. The maximum atomic E-state index is 12.0. The largest absolute Gasteiger partial charge is 0.493 e. The van der Waals surface area contributed by atoms with Gasteiger partial charge in [-0.1, -0.05) is 30.7 Å². The van der Waals surface area contributed by atoms with Crippen molar-refractivity contribution >= 4 is 29.0 Å². The Hall–Kier alpha value is -2.33. The minimum Gasteiger partial charge on any atom is -0.493 e. The predicted molar refractivity (Wildman–Crippen MR) is 96.0 cm³/mol. The maximum absolute atomic E-state index is 12.0. The highest BCUT2D eigenvalue weighted by Crippen LogP contribution is 2.23. The summed E-state index contributed by atoms with van der Waals surface area (Å²) < 4.78 is 5.56. The van der Waals surface area contributed by atoms with Crippen LogP contribution in [0.2, 0.25) is 5.02 Å². The zero-order chi connectivity index (χ0) is 17.5. The lowest BCUT2D eigenvalue weighted by Crippen LogP contribution is -2.15. The second kappa shape index (κ2) is 8.50. The number of ketones is 1. The van der Waals surface area contributed by atoms with Crippen molar-refractivity contribution in [1.82, 2.24) is 0 Å². The fourth-order valence-corrected chi connectivity index (χ4v) is 2.30. The Bertz CT molecular complexity index is 726. The number of carbonyl (C=O) groups excluding carboxylic acids is 2. The van der Waals surface area contributed by atoms with Gasteiger partial charge in [-0.3, -0.25) is 9.59 Å². The van der Waals surface area contributed by atoms with Gasteiger partial charge in [0.1, 0.15) is 5.75 Å². The van der Waals surface area contributed by atoms with E-state index in [9.17, 15) is 9.59 Å². The summed E-state index contributed by atoms with van der Waals surface area (Å²) in [5, 5.41) is 3.10. The van der Waals surface area contributed by atoms with Gasteiger partial charge in [-0.15, -0.1) is 0 Å². The molecule has 0 aliphatic heterocycles. The highest BCUT2D eigenvalue weighted by atomic mass is 35.5. The molecule has 0 aliphatic rings. The standard InChI is InChI=1S/C19H20ClNO3/c1-3-14-4-7-16(8-5-14)24-11-10-19(23)21-18-12-15(13(2)22)6-9-17(18)20/h4-9,12H,3,10-11H2,1-2H3,(H,21,23). The summed E-state index contributed by atoms with van der Waals surface area (Å²) in [6, 6.07) is 12.6. The zero-order valence-corrected chi connectivity index (χ0v) is 14.5. The van der Waals surface area contributed by atoms with E-state index in [0.717, 1.165) is 12.2 Å². The molecule has 2 aromatic carbocycles. The van der Waals surface area contributed by atoms with E-state index in [1.807, 2.05) is 24.3 Å². The quantitative estimate of drug-likeness (QED) is 0.751. The molecular weight excluding hydrogens is 326 g/mol. The second-order valence-corrected chi connectivity index (χ2v) is 5.80. The summed E-state index contributed by atoms with van der Waals surface area (Å²) in [7, 11) is 0. The van der Waals surface area contributed by atoms with E-state index in [0.29, 0.717) is 16.3 Å². The van der Waals surface area contributed by atoms with Crippen LogP contribution in [0.5, 0.6) is 5.75 Å². The molecule has 0 saturated heterocycles. The Morgan fingerprint density at radius 1 is 1.12 bits per heavy atom. The van der Waals surface area contributed by atoms with Gasteiger partial charge >= 0.3 is 0 Å². The van der Waals surface area contributed by atoms with Crippen molar-refractivity contribution in [3.05, 3.63) is 58.6 Å². The monoisotopic (exact) mass is 345 g/mol. The highest BCUT2D eigenvalue weighted by molar-refractivity contribution is 6.33. The number of halogens is 1. The van der Waals surface area contributed by atoms with Crippen molar-refractivity contribution in [2.75, 3.05) is 11.9 Å². The number of anilines is 1. The summed E-state index contributed by atoms with van der Waals surface area (Å²) in [5.41, 5.74) is 2.17. The minimum absolute atomic E-state index is 0.0824. The third kappa shape index (κ3) is 5.10. The fraction of sp³-hybridized carbons (Fsp3) is 0.263. The number of carbonyl (C=O) groups is 2. The van der Waals surface area contributed by atoms with Gasteiger partial charge in [-0.05, 0) is 49.2 Å². The van der Waals surface area contributed by atoms with Crippen LogP contribution in [0, 0.1) is 0 Å². The molecule has 24 heavy (non-hydrogen) atoms. The third-order valence-corrected chi connectivity index (χ3v) is 3.91. The summed E-state index contributed by atoms with van der Waals surface area (Å²) in [6.45, 7) is 3.82. The molecule has 0 spiro atoms. The molecule has 0 aromatic heterocycles. The number of benzene rings is 2. The molecule has 1 amide bonds. The van der Waals surface area contributed by atoms with Crippen LogP contribution in [0.15, 0.2) is 42.5 Å². The van der Waals surface area contributed by atoms with Crippen molar-refractivity contribution in [1.29, 1.82) is 0 Å². The van der Waals surface area contributed by atoms with Crippen molar-refractivity contribution in [3.63, 3.8) is 0 Å². The Morgan fingerprint density at radius 3 is 2.46 bits per heavy atom. The molecule has 2 aromatic rings. The van der Waals surface area contributed by atoms with E-state index < -0.39 is 0 Å². The normalized spacial score (nSPS) is 10.3. The average molecular weight is 346 g/mol. The highest BCUT2D eigenvalue weighted by Gasteiger charge is 2.09.